The van der Waals surface area contributed by atoms with Gasteiger partial charge in [0, 0.05) is 6.54 Å². The molecular weight excluding hydrogens is 246 g/mol. The molecule has 1 atom stereocenters. The van der Waals surface area contributed by atoms with Gasteiger partial charge >= 0.3 is 5.97 Å². The van der Waals surface area contributed by atoms with E-state index in [1.54, 1.807) is 0 Å². The van der Waals surface area contributed by atoms with Crippen LogP contribution in [-0.2, 0) is 20.9 Å². The molecule has 0 saturated carbocycles. The van der Waals surface area contributed by atoms with Crippen LogP contribution in [0.5, 0.6) is 0 Å². The van der Waals surface area contributed by atoms with Crippen LogP contribution in [0.2, 0.25) is 0 Å². The molecule has 1 saturated heterocycles. The number of benzene rings is 1. The van der Waals surface area contributed by atoms with Crippen LogP contribution in [0, 0.1) is 0 Å². The molecule has 1 amide bonds. The molecule has 102 valence electrons. The van der Waals surface area contributed by atoms with Crippen LogP contribution in [0.1, 0.15) is 18.4 Å². The van der Waals surface area contributed by atoms with Crippen molar-refractivity contribution in [1.29, 1.82) is 0 Å². The molecule has 1 heterocycles. The van der Waals surface area contributed by atoms with Crippen LogP contribution in [0.15, 0.2) is 30.3 Å². The molecule has 0 spiro atoms. The minimum atomic E-state index is -0.936. The molecule has 1 aromatic carbocycles. The number of carbonyl (C=O) groups is 2. The Hall–Kier alpha value is -1.88. The number of carboxylic acid groups (broad SMARTS) is 1. The summed E-state index contributed by atoms with van der Waals surface area (Å²) in [4.78, 5) is 24.3. The van der Waals surface area contributed by atoms with Gasteiger partial charge in [0.05, 0.1) is 6.61 Å². The van der Waals surface area contributed by atoms with E-state index in [0.29, 0.717) is 19.6 Å². The number of carbonyl (C=O) groups excluding carboxylic acids is 1. The summed E-state index contributed by atoms with van der Waals surface area (Å²) in [5.41, 5.74) is 0.992. The minimum Gasteiger partial charge on any atom is -0.480 e. The Morgan fingerprint density at radius 3 is 2.74 bits per heavy atom. The third-order valence-electron chi connectivity index (χ3n) is 3.20. The summed E-state index contributed by atoms with van der Waals surface area (Å²) in [5, 5.41) is 9.00. The lowest BCUT2D eigenvalue weighted by Crippen LogP contribution is -2.42. The van der Waals surface area contributed by atoms with Gasteiger partial charge in [-0.2, -0.15) is 0 Å². The van der Waals surface area contributed by atoms with E-state index in [9.17, 15) is 9.59 Å². The lowest BCUT2D eigenvalue weighted by atomic mass is 10.2. The van der Waals surface area contributed by atoms with E-state index >= 15 is 0 Å². The highest BCUT2D eigenvalue weighted by molar-refractivity contribution is 5.84. The highest BCUT2D eigenvalue weighted by atomic mass is 16.5. The Morgan fingerprint density at radius 2 is 2.05 bits per heavy atom. The molecule has 0 radical (unpaired) electrons. The number of nitrogens with zero attached hydrogens (tertiary/aromatic N) is 1. The van der Waals surface area contributed by atoms with Crippen LogP contribution in [0.25, 0.3) is 0 Å². The van der Waals surface area contributed by atoms with Crippen molar-refractivity contribution in [1.82, 2.24) is 4.90 Å². The number of hydrogen-bond acceptors (Lipinski definition) is 3. The van der Waals surface area contributed by atoms with Crippen molar-refractivity contribution in [3.63, 3.8) is 0 Å². The van der Waals surface area contributed by atoms with Gasteiger partial charge in [0.25, 0.3) is 0 Å². The van der Waals surface area contributed by atoms with Crippen molar-refractivity contribution in [3.8, 4) is 0 Å². The zero-order chi connectivity index (χ0) is 13.7. The predicted molar refractivity (Wildman–Crippen MR) is 68.5 cm³/mol. The normalized spacial score (nSPS) is 18.5. The summed E-state index contributed by atoms with van der Waals surface area (Å²) in [6.07, 6.45) is 1.27. The molecule has 0 aliphatic carbocycles. The van der Waals surface area contributed by atoms with Gasteiger partial charge in [-0.25, -0.2) is 4.79 Å². The Labute approximate surface area is 111 Å². The first-order valence-electron chi connectivity index (χ1n) is 6.32. The van der Waals surface area contributed by atoms with E-state index in [4.69, 9.17) is 9.84 Å². The first-order chi connectivity index (χ1) is 9.18. The first kappa shape index (κ1) is 13.5. The molecule has 19 heavy (non-hydrogen) atoms. The zero-order valence-electron chi connectivity index (χ0n) is 10.6. The second-order valence-electron chi connectivity index (χ2n) is 4.56. The standard InChI is InChI=1S/C14H17NO4/c16-13(15-8-4-7-12(15)14(17)18)10-19-9-11-5-2-1-3-6-11/h1-3,5-6,12H,4,7-10H2,(H,17,18)/t12-/m0/s1. The molecule has 1 aliphatic heterocycles. The molecule has 0 unspecified atom stereocenters. The quantitative estimate of drug-likeness (QED) is 0.869. The van der Waals surface area contributed by atoms with E-state index in [2.05, 4.69) is 0 Å². The monoisotopic (exact) mass is 263 g/mol. The molecule has 0 aromatic heterocycles. The van der Waals surface area contributed by atoms with Gasteiger partial charge in [-0.05, 0) is 18.4 Å². The van der Waals surface area contributed by atoms with Crippen LogP contribution in [0.3, 0.4) is 0 Å². The van der Waals surface area contributed by atoms with Gasteiger partial charge in [-0.1, -0.05) is 30.3 Å². The number of amides is 1. The second kappa shape index (κ2) is 6.33. The third-order valence-corrected chi connectivity index (χ3v) is 3.20. The maximum absolute atomic E-state index is 11.9. The second-order valence-corrected chi connectivity index (χ2v) is 4.56. The Bertz CT molecular complexity index is 446. The summed E-state index contributed by atoms with van der Waals surface area (Å²) in [6, 6.07) is 8.87. The average molecular weight is 263 g/mol. The fourth-order valence-electron chi connectivity index (χ4n) is 2.24. The van der Waals surface area contributed by atoms with E-state index < -0.39 is 12.0 Å². The number of ether oxygens (including phenoxy) is 1. The third kappa shape index (κ3) is 3.54. The zero-order valence-corrected chi connectivity index (χ0v) is 10.6. The van der Waals surface area contributed by atoms with E-state index in [-0.39, 0.29) is 12.5 Å². The molecule has 5 nitrogen and oxygen atoms in total. The average Bonchev–Trinajstić information content (AvgIpc) is 2.89. The number of hydrogen-bond donors (Lipinski definition) is 1. The SMILES string of the molecule is O=C(O)[C@@H]1CCCN1C(=O)COCc1ccccc1. The summed E-state index contributed by atoms with van der Waals surface area (Å²) >= 11 is 0. The maximum atomic E-state index is 11.9. The number of aliphatic carboxylic acids is 1. The van der Waals surface area contributed by atoms with Gasteiger partial charge in [-0.15, -0.1) is 0 Å². The Kier molecular flexibility index (Phi) is 4.52. The van der Waals surface area contributed by atoms with Gasteiger partial charge in [-0.3, -0.25) is 4.79 Å². The van der Waals surface area contributed by atoms with Crippen molar-refractivity contribution >= 4 is 11.9 Å². The highest BCUT2D eigenvalue weighted by Gasteiger charge is 2.33. The van der Waals surface area contributed by atoms with E-state index in [1.165, 1.54) is 4.90 Å². The Morgan fingerprint density at radius 1 is 1.32 bits per heavy atom. The number of carboxylic acids is 1. The highest BCUT2D eigenvalue weighted by Crippen LogP contribution is 2.17. The smallest absolute Gasteiger partial charge is 0.326 e. The maximum Gasteiger partial charge on any atom is 0.326 e. The molecule has 1 aromatic rings. The molecule has 5 heteroatoms. The van der Waals surface area contributed by atoms with Crippen LogP contribution >= 0.6 is 0 Å². The van der Waals surface area contributed by atoms with Crippen molar-refractivity contribution < 1.29 is 19.4 Å². The van der Waals surface area contributed by atoms with Crippen molar-refractivity contribution in [2.75, 3.05) is 13.2 Å². The van der Waals surface area contributed by atoms with Crippen LogP contribution in [-0.4, -0.2) is 41.1 Å². The number of rotatable bonds is 5. The molecular formula is C14H17NO4. The first-order valence-corrected chi connectivity index (χ1v) is 6.32. The predicted octanol–water partition coefficient (Wildman–Crippen LogP) is 1.28. The van der Waals surface area contributed by atoms with Crippen molar-refractivity contribution in [2.24, 2.45) is 0 Å². The molecule has 2 rings (SSSR count). The summed E-state index contributed by atoms with van der Waals surface area (Å²) in [6.45, 7) is 0.793. The lowest BCUT2D eigenvalue weighted by molar-refractivity contribution is -0.150. The molecule has 0 bridgehead atoms. The minimum absolute atomic E-state index is 0.0708. The molecule has 1 fully saturated rings. The largest absolute Gasteiger partial charge is 0.480 e. The Balaban J connectivity index is 1.80. The van der Waals surface area contributed by atoms with Gasteiger partial charge < -0.3 is 14.7 Å². The lowest BCUT2D eigenvalue weighted by Gasteiger charge is -2.21. The fourth-order valence-corrected chi connectivity index (χ4v) is 2.24. The van der Waals surface area contributed by atoms with E-state index in [1.807, 2.05) is 30.3 Å². The molecule has 1 aliphatic rings. The van der Waals surface area contributed by atoms with Crippen LogP contribution < -0.4 is 0 Å². The number of likely N-dealkylation sites (tertiary alicyclic amines) is 1. The van der Waals surface area contributed by atoms with Gasteiger partial charge in [0.1, 0.15) is 12.6 Å². The summed E-state index contributed by atoms with van der Waals surface area (Å²) in [7, 11) is 0. The van der Waals surface area contributed by atoms with Crippen molar-refractivity contribution in [3.05, 3.63) is 35.9 Å². The summed E-state index contributed by atoms with van der Waals surface area (Å²) in [5.74, 6) is -1.19. The van der Waals surface area contributed by atoms with E-state index in [0.717, 1.165) is 12.0 Å². The van der Waals surface area contributed by atoms with Crippen molar-refractivity contribution in [2.45, 2.75) is 25.5 Å². The van der Waals surface area contributed by atoms with Gasteiger partial charge in [0.2, 0.25) is 5.91 Å². The summed E-state index contributed by atoms with van der Waals surface area (Å²) < 4.78 is 5.34. The molecule has 1 N–H and O–H groups in total. The fraction of sp³-hybridized carbons (Fsp3) is 0.429. The van der Waals surface area contributed by atoms with Gasteiger partial charge in [0.15, 0.2) is 0 Å². The topological polar surface area (TPSA) is 66.8 Å². The van der Waals surface area contributed by atoms with Crippen LogP contribution in [0.4, 0.5) is 0 Å².